The lowest BCUT2D eigenvalue weighted by molar-refractivity contribution is -0.131. The average Bonchev–Trinajstić information content (AvgIpc) is 2.72. The largest absolute Gasteiger partial charge is 0.427 e. The molecule has 0 aliphatic carbocycles. The van der Waals surface area contributed by atoms with E-state index in [1.54, 1.807) is 48.8 Å². The molecule has 0 unspecified atom stereocenters. The molecule has 0 spiro atoms. The molecule has 1 aromatic carbocycles. The van der Waals surface area contributed by atoms with Gasteiger partial charge in [0.25, 0.3) is 11.8 Å². The van der Waals surface area contributed by atoms with Gasteiger partial charge in [0.1, 0.15) is 5.75 Å². The molecule has 3 rings (SSSR count). The maximum Gasteiger partial charge on any atom is 0.308 e. The monoisotopic (exact) mass is 381 g/mol. The quantitative estimate of drug-likeness (QED) is 0.634. The number of pyridine rings is 1. The SMILES string of the molecule is CC(=O)Oc1cccc(C(=O)NCC2CCN(C(=O)c3ccncc3)CC2)c1. The Kier molecular flexibility index (Phi) is 6.37. The van der Waals surface area contributed by atoms with Gasteiger partial charge in [0.2, 0.25) is 0 Å². The second kappa shape index (κ2) is 9.12. The molecular formula is C21H23N3O4. The number of carbonyl (C=O) groups is 3. The zero-order valence-electron chi connectivity index (χ0n) is 15.8. The van der Waals surface area contributed by atoms with Crippen molar-refractivity contribution in [3.63, 3.8) is 0 Å². The standard InChI is InChI=1S/C21H23N3O4/c1-15(25)28-19-4-2-3-18(13-19)20(26)23-14-16-7-11-24(12-8-16)21(27)17-5-9-22-10-6-17/h2-6,9-10,13,16H,7-8,11-12,14H2,1H3,(H,23,26). The van der Waals surface area contributed by atoms with E-state index in [2.05, 4.69) is 10.3 Å². The van der Waals surface area contributed by atoms with Gasteiger partial charge in [-0.15, -0.1) is 0 Å². The molecule has 0 bridgehead atoms. The smallest absolute Gasteiger partial charge is 0.308 e. The highest BCUT2D eigenvalue weighted by Gasteiger charge is 2.24. The summed E-state index contributed by atoms with van der Waals surface area (Å²) in [5.41, 5.74) is 1.10. The van der Waals surface area contributed by atoms with E-state index in [-0.39, 0.29) is 11.8 Å². The third-order valence-electron chi connectivity index (χ3n) is 4.74. The van der Waals surface area contributed by atoms with Crippen LogP contribution in [0.1, 0.15) is 40.5 Å². The van der Waals surface area contributed by atoms with E-state index in [0.717, 1.165) is 12.8 Å². The van der Waals surface area contributed by atoms with Gasteiger partial charge in [-0.1, -0.05) is 6.07 Å². The van der Waals surface area contributed by atoms with Gasteiger partial charge in [0.05, 0.1) is 0 Å². The number of amides is 2. The van der Waals surface area contributed by atoms with Gasteiger partial charge in [-0.2, -0.15) is 0 Å². The van der Waals surface area contributed by atoms with Gasteiger partial charge >= 0.3 is 5.97 Å². The van der Waals surface area contributed by atoms with Gasteiger partial charge in [0, 0.05) is 50.1 Å². The maximum absolute atomic E-state index is 12.5. The zero-order chi connectivity index (χ0) is 19.9. The zero-order valence-corrected chi connectivity index (χ0v) is 15.8. The Bertz CT molecular complexity index is 846. The normalized spacial score (nSPS) is 14.4. The van der Waals surface area contributed by atoms with Crippen LogP contribution in [0.15, 0.2) is 48.8 Å². The van der Waals surface area contributed by atoms with Crippen molar-refractivity contribution < 1.29 is 19.1 Å². The molecule has 7 heteroatoms. The number of aromatic nitrogens is 1. The molecule has 28 heavy (non-hydrogen) atoms. The molecule has 146 valence electrons. The van der Waals surface area contributed by atoms with Crippen LogP contribution in [0.2, 0.25) is 0 Å². The first kappa shape index (κ1) is 19.5. The minimum atomic E-state index is -0.425. The molecule has 1 aliphatic rings. The first-order valence-corrected chi connectivity index (χ1v) is 9.29. The van der Waals surface area contributed by atoms with Crippen molar-refractivity contribution in [3.8, 4) is 5.75 Å². The topological polar surface area (TPSA) is 88.6 Å². The number of hydrogen-bond donors (Lipinski definition) is 1. The van der Waals surface area contributed by atoms with Crippen LogP contribution in [0.25, 0.3) is 0 Å². The van der Waals surface area contributed by atoms with Crippen LogP contribution in [0, 0.1) is 5.92 Å². The number of nitrogens with one attached hydrogen (secondary N) is 1. The summed E-state index contributed by atoms with van der Waals surface area (Å²) in [7, 11) is 0. The van der Waals surface area contributed by atoms with Crippen molar-refractivity contribution in [1.29, 1.82) is 0 Å². The third kappa shape index (κ3) is 5.16. The molecule has 1 N–H and O–H groups in total. The van der Waals surface area contributed by atoms with Crippen LogP contribution in [-0.2, 0) is 4.79 Å². The lowest BCUT2D eigenvalue weighted by Gasteiger charge is -2.32. The summed E-state index contributed by atoms with van der Waals surface area (Å²) in [6, 6.07) is 9.98. The predicted molar refractivity (Wildman–Crippen MR) is 103 cm³/mol. The second-order valence-electron chi connectivity index (χ2n) is 6.80. The second-order valence-corrected chi connectivity index (χ2v) is 6.80. The van der Waals surface area contributed by atoms with Crippen LogP contribution in [0.3, 0.4) is 0 Å². The highest BCUT2D eigenvalue weighted by Crippen LogP contribution is 2.19. The number of rotatable bonds is 5. The van der Waals surface area contributed by atoms with Gasteiger partial charge in [0.15, 0.2) is 0 Å². The number of piperidine rings is 1. The fraction of sp³-hybridized carbons (Fsp3) is 0.333. The minimum Gasteiger partial charge on any atom is -0.427 e. The average molecular weight is 381 g/mol. The first-order valence-electron chi connectivity index (χ1n) is 9.29. The third-order valence-corrected chi connectivity index (χ3v) is 4.74. The summed E-state index contributed by atoms with van der Waals surface area (Å²) < 4.78 is 5.01. The molecule has 2 amide bonds. The van der Waals surface area contributed by atoms with Crippen molar-refractivity contribution in [2.75, 3.05) is 19.6 Å². The Morgan fingerprint density at radius 3 is 2.50 bits per heavy atom. The molecule has 0 saturated carbocycles. The number of carbonyl (C=O) groups excluding carboxylic acids is 3. The Hall–Kier alpha value is -3.22. The van der Waals surface area contributed by atoms with Gasteiger partial charge in [-0.05, 0) is 49.1 Å². The highest BCUT2D eigenvalue weighted by atomic mass is 16.5. The molecule has 1 saturated heterocycles. The number of hydrogen-bond acceptors (Lipinski definition) is 5. The lowest BCUT2D eigenvalue weighted by Crippen LogP contribution is -2.41. The van der Waals surface area contributed by atoms with Crippen molar-refractivity contribution in [3.05, 3.63) is 59.9 Å². The van der Waals surface area contributed by atoms with Crippen LogP contribution in [0.5, 0.6) is 5.75 Å². The van der Waals surface area contributed by atoms with Crippen molar-refractivity contribution in [2.24, 2.45) is 5.92 Å². The van der Waals surface area contributed by atoms with Crippen LogP contribution < -0.4 is 10.1 Å². The van der Waals surface area contributed by atoms with Gasteiger partial charge in [-0.3, -0.25) is 19.4 Å². The Morgan fingerprint density at radius 2 is 1.82 bits per heavy atom. The Labute approximate surface area is 163 Å². The van der Waals surface area contributed by atoms with Crippen molar-refractivity contribution >= 4 is 17.8 Å². The molecular weight excluding hydrogens is 358 g/mol. The van der Waals surface area contributed by atoms with Gasteiger partial charge in [-0.25, -0.2) is 0 Å². The summed E-state index contributed by atoms with van der Waals surface area (Å²) in [5, 5.41) is 2.93. The van der Waals surface area contributed by atoms with E-state index < -0.39 is 5.97 Å². The number of ether oxygens (including phenoxy) is 1. The number of nitrogens with zero attached hydrogens (tertiary/aromatic N) is 2. The fourth-order valence-corrected chi connectivity index (χ4v) is 3.22. The van der Waals surface area contributed by atoms with Crippen LogP contribution in [-0.4, -0.2) is 47.3 Å². The summed E-state index contributed by atoms with van der Waals surface area (Å²) in [6.45, 7) is 3.21. The lowest BCUT2D eigenvalue weighted by atomic mass is 9.96. The predicted octanol–water partition coefficient (Wildman–Crippen LogP) is 2.29. The molecule has 2 aromatic rings. The van der Waals surface area contributed by atoms with Crippen LogP contribution >= 0.6 is 0 Å². The summed E-state index contributed by atoms with van der Waals surface area (Å²) in [4.78, 5) is 41.6. The molecule has 1 fully saturated rings. The van der Waals surface area contributed by atoms with Gasteiger partial charge < -0.3 is 15.0 Å². The Balaban J connectivity index is 1.47. The molecule has 0 atom stereocenters. The highest BCUT2D eigenvalue weighted by molar-refractivity contribution is 5.95. The maximum atomic E-state index is 12.5. The molecule has 7 nitrogen and oxygen atoms in total. The summed E-state index contributed by atoms with van der Waals surface area (Å²) >= 11 is 0. The van der Waals surface area contributed by atoms with E-state index in [0.29, 0.717) is 42.4 Å². The van der Waals surface area contributed by atoms with E-state index in [4.69, 9.17) is 4.74 Å². The van der Waals surface area contributed by atoms with E-state index in [9.17, 15) is 14.4 Å². The Morgan fingerprint density at radius 1 is 1.11 bits per heavy atom. The minimum absolute atomic E-state index is 0.0205. The summed E-state index contributed by atoms with van der Waals surface area (Å²) in [6.07, 6.45) is 4.91. The van der Waals surface area contributed by atoms with Crippen molar-refractivity contribution in [1.82, 2.24) is 15.2 Å². The number of benzene rings is 1. The summed E-state index contributed by atoms with van der Waals surface area (Å²) in [5.74, 6) is 0.0623. The van der Waals surface area contributed by atoms with E-state index in [1.165, 1.54) is 6.92 Å². The fourth-order valence-electron chi connectivity index (χ4n) is 3.22. The first-order chi connectivity index (χ1) is 13.5. The number of esters is 1. The molecule has 2 heterocycles. The molecule has 1 aromatic heterocycles. The molecule has 1 aliphatic heterocycles. The van der Waals surface area contributed by atoms with E-state index in [1.807, 2.05) is 4.90 Å². The van der Waals surface area contributed by atoms with E-state index >= 15 is 0 Å². The number of likely N-dealkylation sites (tertiary alicyclic amines) is 1. The molecule has 0 radical (unpaired) electrons. The van der Waals surface area contributed by atoms with Crippen molar-refractivity contribution in [2.45, 2.75) is 19.8 Å². The van der Waals surface area contributed by atoms with Crippen LogP contribution in [0.4, 0.5) is 0 Å².